The molecule has 22 heavy (non-hydrogen) atoms. The Morgan fingerprint density at radius 1 is 1.23 bits per heavy atom. The summed E-state index contributed by atoms with van der Waals surface area (Å²) in [5, 5.41) is 9.82. The van der Waals surface area contributed by atoms with E-state index < -0.39 is 0 Å². The number of methoxy groups -OCH3 is 1. The van der Waals surface area contributed by atoms with Crippen molar-refractivity contribution in [1.82, 2.24) is 0 Å². The molecule has 0 heterocycles. The molecule has 0 saturated carbocycles. The first-order valence-corrected chi connectivity index (χ1v) is 7.32. The van der Waals surface area contributed by atoms with Gasteiger partial charge in [0.1, 0.15) is 11.5 Å². The highest BCUT2D eigenvalue weighted by Crippen LogP contribution is 2.24. The monoisotopic (exact) mass is 362 g/mol. The van der Waals surface area contributed by atoms with Crippen LogP contribution in [-0.2, 0) is 4.74 Å². The Hall–Kier alpha value is -2.11. The van der Waals surface area contributed by atoms with Crippen molar-refractivity contribution in [3.63, 3.8) is 0 Å². The zero-order valence-corrected chi connectivity index (χ0v) is 13.5. The summed E-state index contributed by atoms with van der Waals surface area (Å²) in [7, 11) is 1.51. The molecule has 2 aromatic rings. The normalized spacial score (nSPS) is 10.8. The number of carbonyl (C=O) groups is 1. The number of allylic oxidation sites excluding steroid dienone is 1. The molecule has 0 atom stereocenters. The molecule has 0 radical (unpaired) electrons. The minimum absolute atomic E-state index is 0.0765. The maximum absolute atomic E-state index is 12.2. The predicted molar refractivity (Wildman–Crippen MR) is 88.1 cm³/mol. The molecule has 0 amide bonds. The molecule has 2 rings (SSSR count). The number of carbonyl (C=O) groups excluding carboxylic acids is 1. The van der Waals surface area contributed by atoms with Gasteiger partial charge in [0.2, 0.25) is 0 Å². The molecule has 0 aliphatic rings. The Kier molecular flexibility index (Phi) is 5.75. The van der Waals surface area contributed by atoms with Crippen LogP contribution in [-0.4, -0.2) is 24.8 Å². The molecule has 4 nitrogen and oxygen atoms in total. The fourth-order valence-electron chi connectivity index (χ4n) is 1.76. The average Bonchev–Trinajstić information content (AvgIpc) is 2.53. The molecule has 0 unspecified atom stereocenters. The van der Waals surface area contributed by atoms with Gasteiger partial charge in [-0.05, 0) is 42.0 Å². The van der Waals surface area contributed by atoms with Crippen LogP contribution in [0.3, 0.4) is 0 Å². The lowest BCUT2D eigenvalue weighted by Gasteiger charge is -2.07. The van der Waals surface area contributed by atoms with Crippen molar-refractivity contribution >= 4 is 27.8 Å². The number of phenolic OH excluding ortho intramolecular Hbond substituents is 1. The van der Waals surface area contributed by atoms with Crippen molar-refractivity contribution in [3.8, 4) is 11.5 Å². The summed E-state index contributed by atoms with van der Waals surface area (Å²) in [6.07, 6.45) is 3.11. The number of phenols is 1. The van der Waals surface area contributed by atoms with Gasteiger partial charge in [0.25, 0.3) is 0 Å². The molecule has 2 aromatic carbocycles. The number of ether oxygens (including phenoxy) is 2. The SMILES string of the molecule is COCOc1ccc(O)c(C(=O)C=Cc2ccc(Br)cc2)c1. The minimum atomic E-state index is -0.303. The van der Waals surface area contributed by atoms with Gasteiger partial charge >= 0.3 is 0 Å². The highest BCUT2D eigenvalue weighted by atomic mass is 79.9. The molecule has 0 bridgehead atoms. The Bertz CT molecular complexity index is 678. The molecule has 0 aliphatic heterocycles. The summed E-state index contributed by atoms with van der Waals surface area (Å²) in [6.45, 7) is 0.0765. The maximum atomic E-state index is 12.2. The molecular formula is C17H15BrO4. The van der Waals surface area contributed by atoms with Crippen molar-refractivity contribution in [1.29, 1.82) is 0 Å². The molecule has 0 saturated heterocycles. The van der Waals surface area contributed by atoms with Crippen LogP contribution in [0, 0.1) is 0 Å². The van der Waals surface area contributed by atoms with Gasteiger partial charge in [-0.25, -0.2) is 0 Å². The molecule has 0 aromatic heterocycles. The standard InChI is InChI=1S/C17H15BrO4/c1-21-11-22-14-7-9-17(20)15(10-14)16(19)8-4-12-2-5-13(18)6-3-12/h2-10,20H,11H2,1H3. The Morgan fingerprint density at radius 2 is 1.95 bits per heavy atom. The molecule has 0 aliphatic carbocycles. The van der Waals surface area contributed by atoms with E-state index in [2.05, 4.69) is 15.9 Å². The van der Waals surface area contributed by atoms with Crippen LogP contribution in [0.4, 0.5) is 0 Å². The quantitative estimate of drug-likeness (QED) is 0.478. The Morgan fingerprint density at radius 3 is 2.64 bits per heavy atom. The third-order valence-corrected chi connectivity index (χ3v) is 3.40. The lowest BCUT2D eigenvalue weighted by atomic mass is 10.1. The number of rotatable bonds is 6. The zero-order valence-electron chi connectivity index (χ0n) is 12.0. The topological polar surface area (TPSA) is 55.8 Å². The maximum Gasteiger partial charge on any atom is 0.189 e. The highest BCUT2D eigenvalue weighted by molar-refractivity contribution is 9.10. The van der Waals surface area contributed by atoms with E-state index in [4.69, 9.17) is 9.47 Å². The summed E-state index contributed by atoms with van der Waals surface area (Å²) < 4.78 is 11.0. The van der Waals surface area contributed by atoms with Gasteiger partial charge in [0.15, 0.2) is 12.6 Å². The van der Waals surface area contributed by atoms with Crippen LogP contribution in [0.5, 0.6) is 11.5 Å². The summed E-state index contributed by atoms with van der Waals surface area (Å²) >= 11 is 3.35. The second-order valence-corrected chi connectivity index (χ2v) is 5.39. The van der Waals surface area contributed by atoms with Gasteiger partial charge in [0, 0.05) is 11.6 Å². The molecular weight excluding hydrogens is 348 g/mol. The van der Waals surface area contributed by atoms with Crippen molar-refractivity contribution < 1.29 is 19.4 Å². The van der Waals surface area contributed by atoms with Crippen LogP contribution >= 0.6 is 15.9 Å². The van der Waals surface area contributed by atoms with E-state index in [1.54, 1.807) is 12.1 Å². The van der Waals surface area contributed by atoms with E-state index in [0.29, 0.717) is 5.75 Å². The first-order chi connectivity index (χ1) is 10.6. The highest BCUT2D eigenvalue weighted by Gasteiger charge is 2.10. The summed E-state index contributed by atoms with van der Waals surface area (Å²) in [6, 6.07) is 12.0. The van der Waals surface area contributed by atoms with E-state index in [-0.39, 0.29) is 23.9 Å². The molecule has 0 spiro atoms. The second-order valence-electron chi connectivity index (χ2n) is 4.48. The Balaban J connectivity index is 2.16. The van der Waals surface area contributed by atoms with Gasteiger partial charge in [-0.2, -0.15) is 0 Å². The summed E-state index contributed by atoms with van der Waals surface area (Å²) in [4.78, 5) is 12.2. The van der Waals surface area contributed by atoms with Crippen molar-refractivity contribution in [3.05, 3.63) is 64.1 Å². The van der Waals surface area contributed by atoms with Gasteiger partial charge in [-0.15, -0.1) is 0 Å². The van der Waals surface area contributed by atoms with Crippen LogP contribution in [0.2, 0.25) is 0 Å². The smallest absolute Gasteiger partial charge is 0.189 e. The van der Waals surface area contributed by atoms with Gasteiger partial charge in [-0.1, -0.05) is 34.1 Å². The van der Waals surface area contributed by atoms with E-state index in [9.17, 15) is 9.90 Å². The van der Waals surface area contributed by atoms with E-state index >= 15 is 0 Å². The number of benzene rings is 2. The lowest BCUT2D eigenvalue weighted by Crippen LogP contribution is -2.01. The molecule has 114 valence electrons. The fraction of sp³-hybridized carbons (Fsp3) is 0.118. The van der Waals surface area contributed by atoms with Crippen LogP contribution in [0.1, 0.15) is 15.9 Å². The third kappa shape index (κ3) is 4.44. The number of ketones is 1. The minimum Gasteiger partial charge on any atom is -0.507 e. The zero-order chi connectivity index (χ0) is 15.9. The number of hydrogen-bond acceptors (Lipinski definition) is 4. The van der Waals surface area contributed by atoms with Gasteiger partial charge < -0.3 is 14.6 Å². The van der Waals surface area contributed by atoms with Crippen molar-refractivity contribution in [2.24, 2.45) is 0 Å². The van der Waals surface area contributed by atoms with Crippen molar-refractivity contribution in [2.45, 2.75) is 0 Å². The first kappa shape index (κ1) is 16.3. The number of aromatic hydroxyl groups is 1. The summed E-state index contributed by atoms with van der Waals surface area (Å²) in [5.74, 6) is 0.0681. The van der Waals surface area contributed by atoms with E-state index in [1.165, 1.54) is 25.3 Å². The first-order valence-electron chi connectivity index (χ1n) is 6.53. The van der Waals surface area contributed by atoms with Gasteiger partial charge in [-0.3, -0.25) is 4.79 Å². The summed E-state index contributed by atoms with van der Waals surface area (Å²) in [5.41, 5.74) is 1.07. The molecule has 0 fully saturated rings. The number of hydrogen-bond donors (Lipinski definition) is 1. The van der Waals surface area contributed by atoms with Crippen LogP contribution in [0.15, 0.2) is 53.0 Å². The fourth-order valence-corrected chi connectivity index (χ4v) is 2.03. The Labute approximate surface area is 137 Å². The average molecular weight is 363 g/mol. The molecule has 1 N–H and O–H groups in total. The largest absolute Gasteiger partial charge is 0.507 e. The lowest BCUT2D eigenvalue weighted by molar-refractivity contribution is 0.0510. The number of halogens is 1. The van der Waals surface area contributed by atoms with Crippen LogP contribution in [0.25, 0.3) is 6.08 Å². The van der Waals surface area contributed by atoms with Gasteiger partial charge in [0.05, 0.1) is 5.56 Å². The second kappa shape index (κ2) is 7.77. The molecule has 5 heteroatoms. The predicted octanol–water partition coefficient (Wildman–Crippen LogP) is 4.03. The van der Waals surface area contributed by atoms with Crippen LogP contribution < -0.4 is 4.74 Å². The van der Waals surface area contributed by atoms with E-state index in [0.717, 1.165) is 10.0 Å². The third-order valence-electron chi connectivity index (χ3n) is 2.87. The van der Waals surface area contributed by atoms with E-state index in [1.807, 2.05) is 24.3 Å². The van der Waals surface area contributed by atoms with Crippen molar-refractivity contribution in [2.75, 3.05) is 13.9 Å².